The molecule has 2 aromatic rings. The molecule has 0 bridgehead atoms. The van der Waals surface area contributed by atoms with Gasteiger partial charge in [-0.2, -0.15) is 0 Å². The van der Waals surface area contributed by atoms with E-state index in [0.29, 0.717) is 11.9 Å². The monoisotopic (exact) mass is 304 g/mol. The normalized spacial score (nSPS) is 14.7. The van der Waals surface area contributed by atoms with Crippen LogP contribution >= 0.6 is 0 Å². The van der Waals surface area contributed by atoms with E-state index in [1.807, 2.05) is 6.92 Å². The van der Waals surface area contributed by atoms with E-state index in [1.165, 1.54) is 0 Å². The summed E-state index contributed by atoms with van der Waals surface area (Å²) >= 11 is 0. The number of benzene rings is 1. The van der Waals surface area contributed by atoms with Gasteiger partial charge >= 0.3 is 0 Å². The van der Waals surface area contributed by atoms with Crippen LogP contribution in [-0.2, 0) is 10.0 Å². The van der Waals surface area contributed by atoms with Gasteiger partial charge in [-0.05, 0) is 44.0 Å². The number of aromatic nitrogens is 2. The minimum absolute atomic E-state index is 0.204. The van der Waals surface area contributed by atoms with Crippen molar-refractivity contribution in [3.8, 4) is 0 Å². The average molecular weight is 304 g/mol. The van der Waals surface area contributed by atoms with E-state index in [2.05, 4.69) is 20.2 Å². The minimum Gasteiger partial charge on any atom is -0.366 e. The summed E-state index contributed by atoms with van der Waals surface area (Å²) in [7, 11) is -3.63. The van der Waals surface area contributed by atoms with E-state index in [9.17, 15) is 8.42 Å². The van der Waals surface area contributed by atoms with Crippen molar-refractivity contribution in [2.24, 2.45) is 0 Å². The Bertz CT molecular complexity index is 723. The Hall–Kier alpha value is -2.15. The second-order valence-corrected chi connectivity index (χ2v) is 6.82. The molecular weight excluding hydrogens is 288 g/mol. The zero-order valence-electron chi connectivity index (χ0n) is 11.6. The number of hydrogen-bond donors (Lipinski definition) is 2. The molecule has 7 heteroatoms. The summed E-state index contributed by atoms with van der Waals surface area (Å²) in [6, 6.07) is 10.4. The Balaban J connectivity index is 1.73. The van der Waals surface area contributed by atoms with Crippen LogP contribution in [0, 0.1) is 6.92 Å². The molecule has 0 saturated heterocycles. The summed E-state index contributed by atoms with van der Waals surface area (Å²) < 4.78 is 26.8. The topological polar surface area (TPSA) is 84.0 Å². The number of anilines is 2. The predicted molar refractivity (Wildman–Crippen MR) is 80.7 cm³/mol. The van der Waals surface area contributed by atoms with Crippen LogP contribution in [0.1, 0.15) is 18.4 Å². The fourth-order valence-corrected chi connectivity index (χ4v) is 2.81. The van der Waals surface area contributed by atoms with Crippen LogP contribution in [0.2, 0.25) is 0 Å². The third-order valence-corrected chi connectivity index (χ3v) is 4.53. The fourth-order valence-electron chi connectivity index (χ4n) is 1.81. The van der Waals surface area contributed by atoms with E-state index in [-0.39, 0.29) is 10.7 Å². The van der Waals surface area contributed by atoms with Gasteiger partial charge in [-0.1, -0.05) is 17.7 Å². The van der Waals surface area contributed by atoms with Crippen molar-refractivity contribution in [3.63, 3.8) is 0 Å². The van der Waals surface area contributed by atoms with Crippen molar-refractivity contribution in [2.45, 2.75) is 30.7 Å². The van der Waals surface area contributed by atoms with Crippen LogP contribution in [0.3, 0.4) is 0 Å². The zero-order valence-corrected chi connectivity index (χ0v) is 12.4. The first-order valence-corrected chi connectivity index (χ1v) is 8.21. The van der Waals surface area contributed by atoms with Gasteiger partial charge in [0.05, 0.1) is 4.90 Å². The van der Waals surface area contributed by atoms with E-state index in [0.717, 1.165) is 18.4 Å². The van der Waals surface area contributed by atoms with Crippen molar-refractivity contribution in [1.29, 1.82) is 0 Å². The van der Waals surface area contributed by atoms with Gasteiger partial charge in [0, 0.05) is 6.04 Å². The highest BCUT2D eigenvalue weighted by Crippen LogP contribution is 2.23. The number of hydrogen-bond acceptors (Lipinski definition) is 5. The van der Waals surface area contributed by atoms with Gasteiger partial charge in [0.15, 0.2) is 5.82 Å². The molecule has 0 unspecified atom stereocenters. The zero-order chi connectivity index (χ0) is 14.9. The molecule has 21 heavy (non-hydrogen) atoms. The van der Waals surface area contributed by atoms with Crippen molar-refractivity contribution in [2.75, 3.05) is 10.0 Å². The van der Waals surface area contributed by atoms with Gasteiger partial charge in [0.2, 0.25) is 0 Å². The molecule has 2 N–H and O–H groups in total. The molecule has 1 saturated carbocycles. The standard InChI is InChI=1S/C14H16N4O2S/c1-10-2-6-12(7-3-10)21(19,20)18-14-9-8-13(16-17-14)15-11-4-5-11/h2-3,6-9,11H,4-5H2,1H3,(H,15,16)(H,17,18). The predicted octanol–water partition coefficient (Wildman–Crippen LogP) is 2.16. The third-order valence-electron chi connectivity index (χ3n) is 3.16. The van der Waals surface area contributed by atoms with Crippen molar-refractivity contribution in [1.82, 2.24) is 10.2 Å². The van der Waals surface area contributed by atoms with Crippen LogP contribution < -0.4 is 10.0 Å². The van der Waals surface area contributed by atoms with Gasteiger partial charge in [0.1, 0.15) is 5.82 Å². The van der Waals surface area contributed by atoms with Crippen LogP contribution in [0.5, 0.6) is 0 Å². The Kier molecular flexibility index (Phi) is 3.50. The SMILES string of the molecule is Cc1ccc(S(=O)(=O)Nc2ccc(NC3CC3)nn2)cc1. The molecule has 1 aromatic heterocycles. The van der Waals surface area contributed by atoms with Crippen molar-refractivity contribution >= 4 is 21.7 Å². The molecule has 110 valence electrons. The first-order chi connectivity index (χ1) is 10.0. The molecule has 0 spiro atoms. The molecule has 0 atom stereocenters. The highest BCUT2D eigenvalue weighted by atomic mass is 32.2. The number of nitrogens with one attached hydrogen (secondary N) is 2. The molecule has 1 fully saturated rings. The summed E-state index contributed by atoms with van der Waals surface area (Å²) in [5.74, 6) is 0.868. The Morgan fingerprint density at radius 3 is 2.19 bits per heavy atom. The van der Waals surface area contributed by atoms with Crippen LogP contribution in [0.25, 0.3) is 0 Å². The van der Waals surface area contributed by atoms with Gasteiger partial charge in [-0.3, -0.25) is 4.72 Å². The van der Waals surface area contributed by atoms with Crippen LogP contribution in [0.15, 0.2) is 41.3 Å². The van der Waals surface area contributed by atoms with Crippen molar-refractivity contribution in [3.05, 3.63) is 42.0 Å². The summed E-state index contributed by atoms with van der Waals surface area (Å²) in [5, 5.41) is 11.0. The van der Waals surface area contributed by atoms with Crippen LogP contribution in [-0.4, -0.2) is 24.7 Å². The first-order valence-electron chi connectivity index (χ1n) is 6.73. The van der Waals surface area contributed by atoms with E-state index in [4.69, 9.17) is 0 Å². The second-order valence-electron chi connectivity index (χ2n) is 5.14. The minimum atomic E-state index is -3.63. The lowest BCUT2D eigenvalue weighted by Gasteiger charge is -2.08. The fraction of sp³-hybridized carbons (Fsp3) is 0.286. The molecule has 1 aliphatic rings. The van der Waals surface area contributed by atoms with Crippen molar-refractivity contribution < 1.29 is 8.42 Å². The highest BCUT2D eigenvalue weighted by Gasteiger charge is 2.21. The number of nitrogens with zero attached hydrogens (tertiary/aromatic N) is 2. The van der Waals surface area contributed by atoms with E-state index < -0.39 is 10.0 Å². The summed E-state index contributed by atoms with van der Waals surface area (Å²) in [4.78, 5) is 0.204. The molecule has 1 aromatic carbocycles. The number of aryl methyl sites for hydroxylation is 1. The van der Waals surface area contributed by atoms with E-state index >= 15 is 0 Å². The van der Waals surface area contributed by atoms with Gasteiger partial charge in [0.25, 0.3) is 10.0 Å². The molecular formula is C14H16N4O2S. The molecule has 6 nitrogen and oxygen atoms in total. The number of rotatable bonds is 5. The molecule has 0 amide bonds. The van der Waals surface area contributed by atoms with Gasteiger partial charge in [-0.15, -0.1) is 10.2 Å². The molecule has 3 rings (SSSR count). The average Bonchev–Trinajstić information content (AvgIpc) is 3.25. The smallest absolute Gasteiger partial charge is 0.263 e. The Morgan fingerprint density at radius 1 is 1.00 bits per heavy atom. The molecule has 0 aliphatic heterocycles. The van der Waals surface area contributed by atoms with Gasteiger partial charge in [-0.25, -0.2) is 8.42 Å². The summed E-state index contributed by atoms with van der Waals surface area (Å²) in [5.41, 5.74) is 1.00. The lowest BCUT2D eigenvalue weighted by molar-refractivity contribution is 0.601. The lowest BCUT2D eigenvalue weighted by Crippen LogP contribution is -2.14. The maximum atomic E-state index is 12.2. The third kappa shape index (κ3) is 3.49. The highest BCUT2D eigenvalue weighted by molar-refractivity contribution is 7.92. The first kappa shape index (κ1) is 13.8. The molecule has 1 aliphatic carbocycles. The maximum absolute atomic E-state index is 12.2. The summed E-state index contributed by atoms with van der Waals surface area (Å²) in [6.07, 6.45) is 2.28. The maximum Gasteiger partial charge on any atom is 0.263 e. The Morgan fingerprint density at radius 2 is 1.62 bits per heavy atom. The van der Waals surface area contributed by atoms with E-state index in [1.54, 1.807) is 36.4 Å². The molecule has 0 radical (unpaired) electrons. The van der Waals surface area contributed by atoms with Crippen LogP contribution in [0.4, 0.5) is 11.6 Å². The Labute approximate surface area is 123 Å². The second kappa shape index (κ2) is 5.33. The summed E-state index contributed by atoms with van der Waals surface area (Å²) in [6.45, 7) is 1.90. The lowest BCUT2D eigenvalue weighted by atomic mass is 10.2. The van der Waals surface area contributed by atoms with Gasteiger partial charge < -0.3 is 5.32 Å². The number of sulfonamides is 1. The molecule has 1 heterocycles. The quantitative estimate of drug-likeness (QED) is 0.884. The largest absolute Gasteiger partial charge is 0.366 e.